The fourth-order valence-corrected chi connectivity index (χ4v) is 3.34. The van der Waals surface area contributed by atoms with Crippen LogP contribution in [0.25, 0.3) is 5.57 Å². The van der Waals surface area contributed by atoms with Crippen LogP contribution in [0.3, 0.4) is 0 Å². The van der Waals surface area contributed by atoms with Crippen LogP contribution in [-0.2, 0) is 5.41 Å². The zero-order chi connectivity index (χ0) is 22.1. The van der Waals surface area contributed by atoms with Gasteiger partial charge in [-0.2, -0.15) is 0 Å². The van der Waals surface area contributed by atoms with Crippen molar-refractivity contribution in [3.8, 4) is 0 Å². The fraction of sp³-hybridized carbons (Fsp3) is 0.440. The molecule has 0 bridgehead atoms. The molecule has 2 atom stereocenters. The van der Waals surface area contributed by atoms with Gasteiger partial charge in [-0.25, -0.2) is 0 Å². The van der Waals surface area contributed by atoms with E-state index in [1.165, 1.54) is 0 Å². The SMILES string of the molecule is C=C1/C=C(/C)NC/C=C\C(c2cccc(C(C)(C)CF)c2)=C/1.OCC1C[C@@H](O)CN1. The summed E-state index contributed by atoms with van der Waals surface area (Å²) in [6.07, 6.45) is 8.72. The van der Waals surface area contributed by atoms with Crippen LogP contribution in [0.15, 0.2) is 66.4 Å². The molecule has 0 amide bonds. The van der Waals surface area contributed by atoms with Gasteiger partial charge >= 0.3 is 0 Å². The smallest absolute Gasteiger partial charge is 0.0985 e. The molecule has 0 aliphatic carbocycles. The topological polar surface area (TPSA) is 64.5 Å². The number of hydrogen-bond donors (Lipinski definition) is 4. The molecule has 2 aliphatic heterocycles. The van der Waals surface area contributed by atoms with Crippen molar-refractivity contribution >= 4 is 5.57 Å². The van der Waals surface area contributed by atoms with Crippen molar-refractivity contribution in [3.05, 3.63) is 77.5 Å². The third-order valence-electron chi connectivity index (χ3n) is 5.27. The van der Waals surface area contributed by atoms with E-state index in [-0.39, 0.29) is 25.4 Å². The van der Waals surface area contributed by atoms with E-state index in [0.29, 0.717) is 13.0 Å². The first kappa shape index (κ1) is 24.1. The molecule has 5 heteroatoms. The van der Waals surface area contributed by atoms with Gasteiger partial charge in [0, 0.05) is 30.2 Å². The number of benzene rings is 1. The largest absolute Gasteiger partial charge is 0.395 e. The van der Waals surface area contributed by atoms with Gasteiger partial charge in [-0.3, -0.25) is 4.39 Å². The molecule has 1 aromatic carbocycles. The number of hydrogen-bond acceptors (Lipinski definition) is 4. The van der Waals surface area contributed by atoms with Crippen LogP contribution >= 0.6 is 0 Å². The average Bonchev–Trinajstić information content (AvgIpc) is 3.18. The van der Waals surface area contributed by atoms with Crippen LogP contribution in [-0.4, -0.2) is 48.7 Å². The van der Waals surface area contributed by atoms with Gasteiger partial charge in [-0.05, 0) is 47.8 Å². The van der Waals surface area contributed by atoms with E-state index in [2.05, 4.69) is 47.6 Å². The molecule has 4 nitrogen and oxygen atoms in total. The normalized spacial score (nSPS) is 26.5. The van der Waals surface area contributed by atoms with Crippen LogP contribution < -0.4 is 10.6 Å². The molecular weight excluding hydrogens is 379 g/mol. The highest BCUT2D eigenvalue weighted by atomic mass is 19.1. The number of halogens is 1. The van der Waals surface area contributed by atoms with Crippen LogP contribution in [0.4, 0.5) is 4.39 Å². The lowest BCUT2D eigenvalue weighted by atomic mass is 9.84. The second kappa shape index (κ2) is 11.3. The van der Waals surface area contributed by atoms with Crippen molar-refractivity contribution in [2.45, 2.75) is 44.8 Å². The molecule has 2 heterocycles. The van der Waals surface area contributed by atoms with E-state index in [9.17, 15) is 4.39 Å². The van der Waals surface area contributed by atoms with Crippen LogP contribution in [0.2, 0.25) is 0 Å². The van der Waals surface area contributed by atoms with Crippen LogP contribution in [0.1, 0.15) is 38.3 Å². The highest BCUT2D eigenvalue weighted by molar-refractivity contribution is 5.77. The summed E-state index contributed by atoms with van der Waals surface area (Å²) in [6.45, 7) is 11.1. The molecule has 0 saturated carbocycles. The summed E-state index contributed by atoms with van der Waals surface area (Å²) in [4.78, 5) is 0. The summed E-state index contributed by atoms with van der Waals surface area (Å²) in [5, 5.41) is 23.6. The predicted molar refractivity (Wildman–Crippen MR) is 123 cm³/mol. The Kier molecular flexibility index (Phi) is 9.03. The van der Waals surface area contributed by atoms with Crippen LogP contribution in [0, 0.1) is 0 Å². The molecule has 1 aromatic rings. The van der Waals surface area contributed by atoms with Gasteiger partial charge < -0.3 is 20.8 Å². The molecule has 30 heavy (non-hydrogen) atoms. The first-order valence-corrected chi connectivity index (χ1v) is 10.4. The zero-order valence-corrected chi connectivity index (χ0v) is 18.3. The molecule has 164 valence electrons. The summed E-state index contributed by atoms with van der Waals surface area (Å²) >= 11 is 0. The van der Waals surface area contributed by atoms with E-state index >= 15 is 0 Å². The number of allylic oxidation sites excluding steroid dienone is 6. The van der Waals surface area contributed by atoms with Gasteiger partial charge in [0.1, 0.15) is 0 Å². The molecule has 0 radical (unpaired) electrons. The second-order valence-corrected chi connectivity index (χ2v) is 8.56. The first-order chi connectivity index (χ1) is 14.2. The van der Waals surface area contributed by atoms with Gasteiger partial charge in [0.25, 0.3) is 0 Å². The van der Waals surface area contributed by atoms with Crippen molar-refractivity contribution in [1.29, 1.82) is 0 Å². The first-order valence-electron chi connectivity index (χ1n) is 10.4. The van der Waals surface area contributed by atoms with Crippen LogP contribution in [0.5, 0.6) is 0 Å². The number of nitrogens with one attached hydrogen (secondary N) is 2. The van der Waals surface area contributed by atoms with Crippen molar-refractivity contribution in [2.75, 3.05) is 26.4 Å². The Morgan fingerprint density at radius 1 is 1.27 bits per heavy atom. The van der Waals surface area contributed by atoms with Crippen molar-refractivity contribution in [1.82, 2.24) is 10.6 Å². The van der Waals surface area contributed by atoms with E-state index in [1.807, 2.05) is 39.0 Å². The molecule has 1 saturated heterocycles. The lowest BCUT2D eigenvalue weighted by Crippen LogP contribution is -2.24. The van der Waals surface area contributed by atoms with E-state index < -0.39 is 5.41 Å². The highest BCUT2D eigenvalue weighted by Gasteiger charge is 2.21. The lowest BCUT2D eigenvalue weighted by molar-refractivity contribution is 0.184. The molecule has 4 N–H and O–H groups in total. The lowest BCUT2D eigenvalue weighted by Gasteiger charge is -2.22. The third-order valence-corrected chi connectivity index (χ3v) is 5.27. The molecule has 1 unspecified atom stereocenters. The predicted octanol–water partition coefficient (Wildman–Crippen LogP) is 3.64. The maximum Gasteiger partial charge on any atom is 0.0985 e. The minimum absolute atomic E-state index is 0.130. The minimum atomic E-state index is -0.464. The maximum absolute atomic E-state index is 13.2. The summed E-state index contributed by atoms with van der Waals surface area (Å²) in [5.41, 5.74) is 4.77. The number of alkyl halides is 1. The van der Waals surface area contributed by atoms with Crippen molar-refractivity contribution < 1.29 is 14.6 Å². The quantitative estimate of drug-likeness (QED) is 0.608. The fourth-order valence-electron chi connectivity index (χ4n) is 3.34. The molecule has 0 aromatic heterocycles. The number of rotatable bonds is 4. The third kappa shape index (κ3) is 7.24. The minimum Gasteiger partial charge on any atom is -0.395 e. The Morgan fingerprint density at radius 3 is 2.63 bits per heavy atom. The van der Waals surface area contributed by atoms with E-state index in [1.54, 1.807) is 0 Å². The number of aliphatic hydroxyl groups excluding tert-OH is 2. The Bertz CT molecular complexity index is 811. The Morgan fingerprint density at radius 2 is 2.03 bits per heavy atom. The standard InChI is InChI=1S/C20H24FN.C5H11NO2/c1-15-11-16(2)22-10-6-8-17(12-15)18-7-5-9-19(13-18)20(3,4)14-21;7-3-4-1-5(8)2-6-4/h5-9,11-13,22H,1,10,14H2,2-4H3;4-8H,1-3H2/b8-6-,16-11-,17-12+;/t;4?,5-/m.1/s1. The molecular formula is C25H35FN2O2. The second-order valence-electron chi connectivity index (χ2n) is 8.56. The average molecular weight is 415 g/mol. The van der Waals surface area contributed by atoms with Gasteiger partial charge in [0.05, 0.1) is 19.4 Å². The summed E-state index contributed by atoms with van der Waals surface area (Å²) < 4.78 is 13.2. The summed E-state index contributed by atoms with van der Waals surface area (Å²) in [5.74, 6) is 0. The highest BCUT2D eigenvalue weighted by Crippen LogP contribution is 2.28. The Balaban J connectivity index is 0.000000335. The molecule has 2 aliphatic rings. The Hall–Kier alpha value is -2.21. The van der Waals surface area contributed by atoms with Crippen molar-refractivity contribution in [3.63, 3.8) is 0 Å². The molecule has 0 spiro atoms. The van der Waals surface area contributed by atoms with E-state index in [4.69, 9.17) is 10.2 Å². The Labute approximate surface area is 179 Å². The summed E-state index contributed by atoms with van der Waals surface area (Å²) in [7, 11) is 0. The zero-order valence-electron chi connectivity index (χ0n) is 18.3. The van der Waals surface area contributed by atoms with Gasteiger partial charge in [0.2, 0.25) is 0 Å². The van der Waals surface area contributed by atoms with Gasteiger partial charge in [-0.1, -0.05) is 56.8 Å². The van der Waals surface area contributed by atoms with Crippen molar-refractivity contribution in [2.24, 2.45) is 0 Å². The molecule has 3 rings (SSSR count). The van der Waals surface area contributed by atoms with E-state index in [0.717, 1.165) is 34.5 Å². The maximum atomic E-state index is 13.2. The monoisotopic (exact) mass is 414 g/mol. The van der Waals surface area contributed by atoms with Gasteiger partial charge in [0.15, 0.2) is 0 Å². The number of aliphatic hydroxyl groups is 2. The van der Waals surface area contributed by atoms with Gasteiger partial charge in [-0.15, -0.1) is 0 Å². The number of β-amino-alcohol motifs (C(OH)–C–C–N with tert-alkyl or cyclic N) is 1. The summed E-state index contributed by atoms with van der Waals surface area (Å²) in [6, 6.07) is 8.24. The molecule has 1 fully saturated rings.